The van der Waals surface area contributed by atoms with Crippen LogP contribution >= 0.6 is 0 Å². The maximum atomic E-state index is 12.2. The van der Waals surface area contributed by atoms with E-state index in [1.54, 1.807) is 12.1 Å². The van der Waals surface area contributed by atoms with Crippen LogP contribution in [0.2, 0.25) is 0 Å². The predicted octanol–water partition coefficient (Wildman–Crippen LogP) is 3.43. The van der Waals surface area contributed by atoms with Gasteiger partial charge < -0.3 is 5.32 Å². The molecule has 2 aromatic carbocycles. The zero-order chi connectivity index (χ0) is 18.4. The summed E-state index contributed by atoms with van der Waals surface area (Å²) in [5.41, 5.74) is 2.04. The molecular formula is C21H26N4O. The van der Waals surface area contributed by atoms with Gasteiger partial charge in [0, 0.05) is 6.54 Å². The Hall–Kier alpha value is -2.66. The topological polar surface area (TPSA) is 82.2 Å². The van der Waals surface area contributed by atoms with E-state index >= 15 is 0 Å². The van der Waals surface area contributed by atoms with Crippen molar-refractivity contribution in [3.05, 3.63) is 66.2 Å². The summed E-state index contributed by atoms with van der Waals surface area (Å²) in [7, 11) is 0. The molecule has 0 saturated heterocycles. The minimum Gasteiger partial charge on any atom is -0.349 e. The van der Waals surface area contributed by atoms with Gasteiger partial charge >= 0.3 is 0 Å². The summed E-state index contributed by atoms with van der Waals surface area (Å²) in [6.07, 6.45) is 4.49. The van der Waals surface area contributed by atoms with Crippen LogP contribution in [0.5, 0.6) is 0 Å². The minimum atomic E-state index is -0.429. The first-order chi connectivity index (χ1) is 12.6. The summed E-state index contributed by atoms with van der Waals surface area (Å²) < 4.78 is 0. The third kappa shape index (κ3) is 4.49. The molecular weight excluding hydrogens is 324 g/mol. The van der Waals surface area contributed by atoms with Crippen molar-refractivity contribution in [3.63, 3.8) is 0 Å². The molecule has 5 nitrogen and oxygen atoms in total. The number of rotatable bonds is 4. The Labute approximate surface area is 154 Å². The standard InChI is InChI=1S/C21H26N4O/c22-20(25(23)19-9-5-2-6-10-19)21(26)24-15-16-11-13-18(14-12-16)17-7-3-1-4-8-17/h1-10,16,18,22H,11-15,23H2,(H,24,26). The van der Waals surface area contributed by atoms with E-state index in [4.69, 9.17) is 11.3 Å². The molecule has 0 heterocycles. The number of nitrogens with zero attached hydrogens (tertiary/aromatic N) is 1. The largest absolute Gasteiger partial charge is 0.349 e. The summed E-state index contributed by atoms with van der Waals surface area (Å²) >= 11 is 0. The number of carbonyl (C=O) groups excluding carboxylic acids is 1. The van der Waals surface area contributed by atoms with Gasteiger partial charge in [-0.05, 0) is 55.2 Å². The van der Waals surface area contributed by atoms with Crippen molar-refractivity contribution in [1.29, 1.82) is 5.41 Å². The van der Waals surface area contributed by atoms with Crippen LogP contribution in [-0.2, 0) is 4.79 Å². The molecule has 0 unspecified atom stereocenters. The van der Waals surface area contributed by atoms with E-state index in [9.17, 15) is 4.79 Å². The number of carbonyl (C=O) groups is 1. The van der Waals surface area contributed by atoms with Crippen molar-refractivity contribution < 1.29 is 4.79 Å². The Kier molecular flexibility index (Phi) is 6.02. The molecule has 5 heteroatoms. The number of nitrogens with one attached hydrogen (secondary N) is 2. The smallest absolute Gasteiger partial charge is 0.288 e. The van der Waals surface area contributed by atoms with Crippen LogP contribution in [0.25, 0.3) is 0 Å². The molecule has 1 aliphatic rings. The Morgan fingerprint density at radius 2 is 1.58 bits per heavy atom. The van der Waals surface area contributed by atoms with Gasteiger partial charge in [0.25, 0.3) is 5.91 Å². The number of para-hydroxylation sites is 1. The van der Waals surface area contributed by atoms with E-state index in [0.29, 0.717) is 24.1 Å². The first kappa shape index (κ1) is 18.1. The summed E-state index contributed by atoms with van der Waals surface area (Å²) in [5.74, 6) is 6.30. The second-order valence-corrected chi connectivity index (χ2v) is 6.89. The van der Waals surface area contributed by atoms with Crippen LogP contribution < -0.4 is 16.2 Å². The molecule has 0 bridgehead atoms. The SMILES string of the molecule is N=C(C(=O)NCC1CCC(c2ccccc2)CC1)N(N)c1ccccc1. The second-order valence-electron chi connectivity index (χ2n) is 6.89. The molecule has 1 fully saturated rings. The number of hydrazine groups is 1. The van der Waals surface area contributed by atoms with E-state index in [1.807, 2.05) is 18.2 Å². The van der Waals surface area contributed by atoms with Crippen molar-refractivity contribution in [3.8, 4) is 0 Å². The van der Waals surface area contributed by atoms with Crippen LogP contribution in [-0.4, -0.2) is 18.3 Å². The average molecular weight is 350 g/mol. The Morgan fingerprint density at radius 1 is 1.00 bits per heavy atom. The highest BCUT2D eigenvalue weighted by Gasteiger charge is 2.23. The number of anilines is 1. The predicted molar refractivity (Wildman–Crippen MR) is 105 cm³/mol. The fourth-order valence-electron chi connectivity index (χ4n) is 3.57. The molecule has 0 radical (unpaired) electrons. The highest BCUT2D eigenvalue weighted by molar-refractivity contribution is 6.41. The highest BCUT2D eigenvalue weighted by atomic mass is 16.2. The van der Waals surface area contributed by atoms with Crippen molar-refractivity contribution in [2.45, 2.75) is 31.6 Å². The zero-order valence-electron chi connectivity index (χ0n) is 14.9. The summed E-state index contributed by atoms with van der Waals surface area (Å²) in [6.45, 7) is 0.603. The van der Waals surface area contributed by atoms with Crippen LogP contribution in [0.1, 0.15) is 37.2 Å². The number of benzene rings is 2. The number of hydrogen-bond acceptors (Lipinski definition) is 3. The molecule has 136 valence electrons. The van der Waals surface area contributed by atoms with Crippen molar-refractivity contribution in [2.24, 2.45) is 11.8 Å². The van der Waals surface area contributed by atoms with E-state index in [0.717, 1.165) is 30.7 Å². The van der Waals surface area contributed by atoms with Gasteiger partial charge in [-0.15, -0.1) is 0 Å². The molecule has 2 aromatic rings. The van der Waals surface area contributed by atoms with Gasteiger partial charge in [-0.2, -0.15) is 0 Å². The van der Waals surface area contributed by atoms with E-state index in [2.05, 4.69) is 35.6 Å². The van der Waals surface area contributed by atoms with Crippen LogP contribution in [0, 0.1) is 11.3 Å². The van der Waals surface area contributed by atoms with E-state index in [1.165, 1.54) is 5.56 Å². The fourth-order valence-corrected chi connectivity index (χ4v) is 3.57. The minimum absolute atomic E-state index is 0.242. The second kappa shape index (κ2) is 8.63. The lowest BCUT2D eigenvalue weighted by Gasteiger charge is -2.29. The molecule has 1 aliphatic carbocycles. The number of amidine groups is 1. The normalized spacial score (nSPS) is 19.6. The lowest BCUT2D eigenvalue weighted by molar-refractivity contribution is -0.115. The molecule has 1 saturated carbocycles. The van der Waals surface area contributed by atoms with Gasteiger partial charge in [0.1, 0.15) is 0 Å². The molecule has 26 heavy (non-hydrogen) atoms. The van der Waals surface area contributed by atoms with Crippen LogP contribution in [0.3, 0.4) is 0 Å². The molecule has 3 rings (SSSR count). The first-order valence-electron chi connectivity index (χ1n) is 9.16. The van der Waals surface area contributed by atoms with Gasteiger partial charge in [-0.25, -0.2) is 5.84 Å². The Balaban J connectivity index is 1.44. The molecule has 0 aliphatic heterocycles. The maximum absolute atomic E-state index is 12.2. The van der Waals surface area contributed by atoms with Crippen molar-refractivity contribution >= 4 is 17.4 Å². The van der Waals surface area contributed by atoms with Gasteiger partial charge in [-0.3, -0.25) is 15.2 Å². The van der Waals surface area contributed by atoms with E-state index in [-0.39, 0.29) is 5.84 Å². The first-order valence-corrected chi connectivity index (χ1v) is 9.16. The molecule has 0 atom stereocenters. The number of amides is 1. The monoisotopic (exact) mass is 350 g/mol. The lowest BCUT2D eigenvalue weighted by Crippen LogP contribution is -2.47. The number of hydrogen-bond donors (Lipinski definition) is 3. The zero-order valence-corrected chi connectivity index (χ0v) is 14.9. The van der Waals surface area contributed by atoms with Crippen molar-refractivity contribution in [1.82, 2.24) is 5.32 Å². The van der Waals surface area contributed by atoms with Crippen molar-refractivity contribution in [2.75, 3.05) is 11.6 Å². The number of nitrogens with two attached hydrogens (primary N) is 1. The van der Waals surface area contributed by atoms with Gasteiger partial charge in [0.2, 0.25) is 5.84 Å². The lowest BCUT2D eigenvalue weighted by atomic mass is 9.79. The molecule has 4 N–H and O–H groups in total. The van der Waals surface area contributed by atoms with Gasteiger partial charge in [-0.1, -0.05) is 48.5 Å². The average Bonchev–Trinajstić information content (AvgIpc) is 2.72. The third-order valence-corrected chi connectivity index (χ3v) is 5.16. The molecule has 0 aromatic heterocycles. The van der Waals surface area contributed by atoms with Gasteiger partial charge in [0.15, 0.2) is 0 Å². The maximum Gasteiger partial charge on any atom is 0.288 e. The Morgan fingerprint density at radius 3 is 2.19 bits per heavy atom. The quantitative estimate of drug-likeness (QED) is 0.342. The molecule has 0 spiro atoms. The summed E-state index contributed by atoms with van der Waals surface area (Å²) in [5, 5.41) is 12.0. The summed E-state index contributed by atoms with van der Waals surface area (Å²) in [4.78, 5) is 12.2. The van der Waals surface area contributed by atoms with Gasteiger partial charge in [0.05, 0.1) is 5.69 Å². The highest BCUT2D eigenvalue weighted by Crippen LogP contribution is 2.35. The Bertz CT molecular complexity index is 724. The summed E-state index contributed by atoms with van der Waals surface area (Å²) in [6, 6.07) is 19.7. The molecule has 1 amide bonds. The van der Waals surface area contributed by atoms with Crippen LogP contribution in [0.15, 0.2) is 60.7 Å². The van der Waals surface area contributed by atoms with E-state index < -0.39 is 5.91 Å². The third-order valence-electron chi connectivity index (χ3n) is 5.16. The fraction of sp³-hybridized carbons (Fsp3) is 0.333. The van der Waals surface area contributed by atoms with Crippen LogP contribution in [0.4, 0.5) is 5.69 Å².